The maximum atomic E-state index is 11.8. The first-order chi connectivity index (χ1) is 8.16. The first kappa shape index (κ1) is 12.7. The molecule has 2 nitrogen and oxygen atoms in total. The minimum Gasteiger partial charge on any atom is -0.309 e. The van der Waals surface area contributed by atoms with Gasteiger partial charge >= 0.3 is 0 Å². The lowest BCUT2D eigenvalue weighted by atomic mass is 10.1. The summed E-state index contributed by atoms with van der Waals surface area (Å²) in [6, 6.07) is 8.07. The molecular weight excluding hydrogens is 230 g/mol. The molecule has 0 atom stereocenters. The van der Waals surface area contributed by atoms with Crippen LogP contribution in [0.15, 0.2) is 29.2 Å². The van der Waals surface area contributed by atoms with Crippen LogP contribution in [0.4, 0.5) is 0 Å². The molecule has 17 heavy (non-hydrogen) atoms. The second-order valence-electron chi connectivity index (χ2n) is 4.81. The molecule has 1 aromatic carbocycles. The van der Waals surface area contributed by atoms with Crippen molar-refractivity contribution in [2.45, 2.75) is 17.7 Å². The van der Waals surface area contributed by atoms with Gasteiger partial charge in [-0.3, -0.25) is 4.79 Å². The summed E-state index contributed by atoms with van der Waals surface area (Å²) in [6.07, 6.45) is 2.16. The lowest BCUT2D eigenvalue weighted by molar-refractivity contribution is 0.0967. The van der Waals surface area contributed by atoms with Gasteiger partial charge in [0, 0.05) is 28.7 Å². The average Bonchev–Trinajstić information content (AvgIpc) is 3.12. The van der Waals surface area contributed by atoms with E-state index in [1.807, 2.05) is 23.9 Å². The van der Waals surface area contributed by atoms with Crippen LogP contribution >= 0.6 is 11.8 Å². The van der Waals surface area contributed by atoms with Crippen molar-refractivity contribution < 1.29 is 4.79 Å². The van der Waals surface area contributed by atoms with E-state index in [-0.39, 0.29) is 0 Å². The molecule has 0 aromatic heterocycles. The van der Waals surface area contributed by atoms with Gasteiger partial charge in [0.1, 0.15) is 0 Å². The average molecular weight is 249 g/mol. The Balaban J connectivity index is 1.86. The van der Waals surface area contributed by atoms with Crippen molar-refractivity contribution in [3.8, 4) is 0 Å². The van der Waals surface area contributed by atoms with E-state index in [1.165, 1.54) is 4.90 Å². The number of rotatable bonds is 6. The van der Waals surface area contributed by atoms with Crippen LogP contribution < -0.4 is 0 Å². The predicted octanol–water partition coefficient (Wildman–Crippen LogP) is 2.93. The van der Waals surface area contributed by atoms with Crippen LogP contribution in [0, 0.1) is 5.92 Å². The van der Waals surface area contributed by atoms with Gasteiger partial charge in [-0.1, -0.05) is 12.1 Å². The number of Topliss-reactive ketones (excluding diaryl/α,β-unsaturated/α-hetero) is 1. The van der Waals surface area contributed by atoms with Crippen LogP contribution in [0.5, 0.6) is 0 Å². The van der Waals surface area contributed by atoms with Gasteiger partial charge in [-0.2, -0.15) is 0 Å². The summed E-state index contributed by atoms with van der Waals surface area (Å²) in [5.41, 5.74) is 0.879. The smallest absolute Gasteiger partial charge is 0.165 e. The van der Waals surface area contributed by atoms with Gasteiger partial charge in [-0.15, -0.1) is 11.8 Å². The summed E-state index contributed by atoms with van der Waals surface area (Å²) >= 11 is 1.84. The molecule has 0 radical (unpaired) electrons. The van der Waals surface area contributed by atoms with Crippen LogP contribution in [-0.2, 0) is 0 Å². The highest BCUT2D eigenvalue weighted by molar-refractivity contribution is 7.99. The standard InChI is InChI=1S/C14H19NOS/c1-15(2)9-10-17-13-7-5-12(6-8-13)14(16)11-3-4-11/h5-8,11H,3-4,9-10H2,1-2H3. The number of thioether (sulfide) groups is 1. The SMILES string of the molecule is CN(C)CCSc1ccc(C(=O)C2CC2)cc1. The van der Waals surface area contributed by atoms with Gasteiger partial charge in [-0.25, -0.2) is 0 Å². The molecular formula is C14H19NOS. The largest absolute Gasteiger partial charge is 0.309 e. The second-order valence-corrected chi connectivity index (χ2v) is 5.98. The van der Waals surface area contributed by atoms with Crippen molar-refractivity contribution in [1.82, 2.24) is 4.90 Å². The molecule has 1 aliphatic carbocycles. The van der Waals surface area contributed by atoms with E-state index in [0.717, 1.165) is 30.7 Å². The summed E-state index contributed by atoms with van der Waals surface area (Å²) in [6.45, 7) is 1.08. The van der Waals surface area contributed by atoms with E-state index < -0.39 is 0 Å². The third-order valence-electron chi connectivity index (χ3n) is 2.89. The summed E-state index contributed by atoms with van der Waals surface area (Å²) in [5.74, 6) is 1.74. The summed E-state index contributed by atoms with van der Waals surface area (Å²) in [5, 5.41) is 0. The maximum Gasteiger partial charge on any atom is 0.165 e. The highest BCUT2D eigenvalue weighted by atomic mass is 32.2. The van der Waals surface area contributed by atoms with Gasteiger partial charge in [0.2, 0.25) is 0 Å². The Kier molecular flexibility index (Phi) is 4.24. The minimum atomic E-state index is 0.322. The lowest BCUT2D eigenvalue weighted by Gasteiger charge is -2.08. The zero-order valence-electron chi connectivity index (χ0n) is 10.5. The lowest BCUT2D eigenvalue weighted by Crippen LogP contribution is -2.14. The van der Waals surface area contributed by atoms with Crippen LogP contribution in [0.25, 0.3) is 0 Å². The topological polar surface area (TPSA) is 20.3 Å². The highest BCUT2D eigenvalue weighted by Gasteiger charge is 2.30. The highest BCUT2D eigenvalue weighted by Crippen LogP contribution is 2.32. The zero-order valence-corrected chi connectivity index (χ0v) is 11.3. The molecule has 2 rings (SSSR count). The van der Waals surface area contributed by atoms with E-state index in [0.29, 0.717) is 11.7 Å². The number of ketones is 1. The summed E-state index contributed by atoms with van der Waals surface area (Å²) in [7, 11) is 4.16. The quantitative estimate of drug-likeness (QED) is 0.571. The molecule has 0 aliphatic heterocycles. The first-order valence-electron chi connectivity index (χ1n) is 6.08. The van der Waals surface area contributed by atoms with Crippen molar-refractivity contribution in [3.05, 3.63) is 29.8 Å². The molecule has 0 amide bonds. The Hall–Kier alpha value is -0.800. The summed E-state index contributed by atoms with van der Waals surface area (Å²) < 4.78 is 0. The van der Waals surface area contributed by atoms with Crippen molar-refractivity contribution >= 4 is 17.5 Å². The second kappa shape index (κ2) is 5.69. The number of benzene rings is 1. The number of hydrogen-bond acceptors (Lipinski definition) is 3. The Labute approximate surface area is 107 Å². The molecule has 1 saturated carbocycles. The van der Waals surface area contributed by atoms with E-state index >= 15 is 0 Å². The number of hydrogen-bond donors (Lipinski definition) is 0. The third-order valence-corrected chi connectivity index (χ3v) is 3.89. The molecule has 1 aliphatic rings. The maximum absolute atomic E-state index is 11.8. The molecule has 0 N–H and O–H groups in total. The number of nitrogens with zero attached hydrogens (tertiary/aromatic N) is 1. The zero-order chi connectivity index (χ0) is 12.3. The number of carbonyl (C=O) groups is 1. The molecule has 1 aromatic rings. The van der Waals surface area contributed by atoms with Crippen molar-refractivity contribution in [2.24, 2.45) is 5.92 Å². The molecule has 0 heterocycles. The minimum absolute atomic E-state index is 0.322. The Bertz CT molecular complexity index is 382. The van der Waals surface area contributed by atoms with Gasteiger partial charge in [0.25, 0.3) is 0 Å². The van der Waals surface area contributed by atoms with Crippen molar-refractivity contribution in [2.75, 3.05) is 26.4 Å². The molecule has 0 unspecified atom stereocenters. The molecule has 92 valence electrons. The predicted molar refractivity (Wildman–Crippen MR) is 72.8 cm³/mol. The van der Waals surface area contributed by atoms with E-state index in [2.05, 4.69) is 31.1 Å². The summed E-state index contributed by atoms with van der Waals surface area (Å²) in [4.78, 5) is 15.2. The van der Waals surface area contributed by atoms with E-state index in [9.17, 15) is 4.79 Å². The van der Waals surface area contributed by atoms with Gasteiger partial charge < -0.3 is 4.90 Å². The molecule has 1 fully saturated rings. The molecule has 0 saturated heterocycles. The monoisotopic (exact) mass is 249 g/mol. The first-order valence-corrected chi connectivity index (χ1v) is 7.07. The fourth-order valence-electron chi connectivity index (χ4n) is 1.64. The molecule has 0 spiro atoms. The van der Waals surface area contributed by atoms with Crippen LogP contribution in [-0.4, -0.2) is 37.1 Å². The van der Waals surface area contributed by atoms with E-state index in [4.69, 9.17) is 0 Å². The molecule has 0 bridgehead atoms. The Morgan fingerprint density at radius 1 is 1.29 bits per heavy atom. The fraction of sp³-hybridized carbons (Fsp3) is 0.500. The van der Waals surface area contributed by atoms with Gasteiger partial charge in [0.15, 0.2) is 5.78 Å². The van der Waals surface area contributed by atoms with E-state index in [1.54, 1.807) is 0 Å². The van der Waals surface area contributed by atoms with Crippen LogP contribution in [0.1, 0.15) is 23.2 Å². The third kappa shape index (κ3) is 3.86. The van der Waals surface area contributed by atoms with Crippen LogP contribution in [0.2, 0.25) is 0 Å². The normalized spacial score (nSPS) is 15.2. The Morgan fingerprint density at radius 2 is 1.94 bits per heavy atom. The van der Waals surface area contributed by atoms with Crippen molar-refractivity contribution in [3.63, 3.8) is 0 Å². The van der Waals surface area contributed by atoms with Gasteiger partial charge in [-0.05, 0) is 39.1 Å². The van der Waals surface area contributed by atoms with Crippen LogP contribution in [0.3, 0.4) is 0 Å². The number of carbonyl (C=O) groups excluding carboxylic acids is 1. The Morgan fingerprint density at radius 3 is 2.47 bits per heavy atom. The van der Waals surface area contributed by atoms with Crippen molar-refractivity contribution in [1.29, 1.82) is 0 Å². The fourth-order valence-corrected chi connectivity index (χ4v) is 2.66. The van der Waals surface area contributed by atoms with Gasteiger partial charge in [0.05, 0.1) is 0 Å². The molecule has 3 heteroatoms.